The van der Waals surface area contributed by atoms with Gasteiger partial charge in [-0.3, -0.25) is 14.4 Å². The Kier molecular flexibility index (Phi) is 4.69. The summed E-state index contributed by atoms with van der Waals surface area (Å²) < 4.78 is 0. The lowest BCUT2D eigenvalue weighted by molar-refractivity contribution is -0.142. The molecule has 0 spiro atoms. The summed E-state index contributed by atoms with van der Waals surface area (Å²) in [4.78, 5) is 39.2. The van der Waals surface area contributed by atoms with E-state index in [9.17, 15) is 14.4 Å². The molecule has 128 valence electrons. The molecule has 2 atom stereocenters. The summed E-state index contributed by atoms with van der Waals surface area (Å²) in [6, 6.07) is 4.84. The molecular formula is C16H16Cl2N2O4. The predicted octanol–water partition coefficient (Wildman–Crippen LogP) is 2.28. The smallest absolute Gasteiger partial charge is 0.308 e. The zero-order valence-electron chi connectivity index (χ0n) is 12.7. The van der Waals surface area contributed by atoms with Gasteiger partial charge in [0.2, 0.25) is 11.8 Å². The number of benzene rings is 1. The Balaban J connectivity index is 1.73. The van der Waals surface area contributed by atoms with E-state index in [4.69, 9.17) is 28.3 Å². The molecule has 6 nitrogen and oxygen atoms in total. The topological polar surface area (TPSA) is 77.9 Å². The van der Waals surface area contributed by atoms with Crippen LogP contribution < -0.4 is 4.90 Å². The van der Waals surface area contributed by atoms with Gasteiger partial charge in [-0.25, -0.2) is 0 Å². The lowest BCUT2D eigenvalue weighted by Gasteiger charge is -2.21. The van der Waals surface area contributed by atoms with Crippen molar-refractivity contribution in [3.63, 3.8) is 0 Å². The van der Waals surface area contributed by atoms with Crippen LogP contribution in [0.2, 0.25) is 10.0 Å². The number of carbonyl (C=O) groups excluding carboxylic acids is 2. The number of carbonyl (C=O) groups is 3. The number of carboxylic acid groups (broad SMARTS) is 1. The van der Waals surface area contributed by atoms with Gasteiger partial charge >= 0.3 is 5.97 Å². The zero-order chi connectivity index (χ0) is 17.4. The van der Waals surface area contributed by atoms with Gasteiger partial charge < -0.3 is 14.9 Å². The van der Waals surface area contributed by atoms with E-state index in [1.807, 2.05) is 0 Å². The van der Waals surface area contributed by atoms with E-state index >= 15 is 0 Å². The highest BCUT2D eigenvalue weighted by Gasteiger charge is 2.42. The highest BCUT2D eigenvalue weighted by atomic mass is 35.5. The van der Waals surface area contributed by atoms with Gasteiger partial charge in [-0.15, -0.1) is 0 Å². The zero-order valence-corrected chi connectivity index (χ0v) is 14.3. The molecule has 1 N–H and O–H groups in total. The molecule has 0 bridgehead atoms. The number of hydrogen-bond acceptors (Lipinski definition) is 3. The Hall–Kier alpha value is -1.79. The molecule has 2 amide bonds. The van der Waals surface area contributed by atoms with Crippen LogP contribution in [0.4, 0.5) is 5.69 Å². The molecule has 3 rings (SSSR count). The van der Waals surface area contributed by atoms with Gasteiger partial charge in [-0.2, -0.15) is 0 Å². The van der Waals surface area contributed by atoms with Crippen LogP contribution in [-0.2, 0) is 14.4 Å². The summed E-state index contributed by atoms with van der Waals surface area (Å²) in [5.74, 6) is -2.86. The highest BCUT2D eigenvalue weighted by molar-refractivity contribution is 6.36. The Bertz CT molecular complexity index is 709. The van der Waals surface area contributed by atoms with Crippen LogP contribution in [0.15, 0.2) is 18.2 Å². The molecule has 1 aromatic carbocycles. The molecule has 0 aromatic heterocycles. The van der Waals surface area contributed by atoms with Crippen LogP contribution in [0.1, 0.15) is 12.8 Å². The van der Waals surface area contributed by atoms with Gasteiger partial charge in [0.05, 0.1) is 16.6 Å². The Morgan fingerprint density at radius 1 is 1.17 bits per heavy atom. The van der Waals surface area contributed by atoms with Gasteiger partial charge in [0.15, 0.2) is 0 Å². The van der Waals surface area contributed by atoms with Gasteiger partial charge in [-0.05, 0) is 31.0 Å². The van der Waals surface area contributed by atoms with Crippen molar-refractivity contribution in [1.82, 2.24) is 4.90 Å². The fourth-order valence-corrected chi connectivity index (χ4v) is 3.61. The number of nitrogens with zero attached hydrogens (tertiary/aromatic N) is 2. The first-order valence-electron chi connectivity index (χ1n) is 7.66. The van der Waals surface area contributed by atoms with Gasteiger partial charge in [0.25, 0.3) is 0 Å². The summed E-state index contributed by atoms with van der Waals surface area (Å²) in [5, 5.41) is 9.89. The second-order valence-corrected chi connectivity index (χ2v) is 6.88. The van der Waals surface area contributed by atoms with Crippen molar-refractivity contribution in [2.45, 2.75) is 12.8 Å². The summed E-state index contributed by atoms with van der Waals surface area (Å²) in [5.41, 5.74) is 0.495. The van der Waals surface area contributed by atoms with Crippen LogP contribution >= 0.6 is 23.2 Å². The molecule has 2 heterocycles. The summed E-state index contributed by atoms with van der Waals surface area (Å²) in [6.07, 6.45) is 0.806. The van der Waals surface area contributed by atoms with E-state index in [0.717, 1.165) is 0 Å². The van der Waals surface area contributed by atoms with Crippen LogP contribution in [0.5, 0.6) is 0 Å². The van der Waals surface area contributed by atoms with Crippen molar-refractivity contribution in [3.8, 4) is 0 Å². The van der Waals surface area contributed by atoms with Crippen molar-refractivity contribution in [2.24, 2.45) is 11.8 Å². The maximum atomic E-state index is 12.6. The van der Waals surface area contributed by atoms with E-state index in [0.29, 0.717) is 41.7 Å². The molecule has 24 heavy (non-hydrogen) atoms. The quantitative estimate of drug-likeness (QED) is 0.827. The van der Waals surface area contributed by atoms with E-state index in [1.165, 1.54) is 9.80 Å². The monoisotopic (exact) mass is 370 g/mol. The van der Waals surface area contributed by atoms with Crippen molar-refractivity contribution in [2.75, 3.05) is 24.5 Å². The van der Waals surface area contributed by atoms with Crippen LogP contribution in [-0.4, -0.2) is 47.4 Å². The molecule has 2 aliphatic rings. The van der Waals surface area contributed by atoms with Crippen molar-refractivity contribution in [3.05, 3.63) is 28.2 Å². The average molecular weight is 371 g/mol. The number of hydrogen-bond donors (Lipinski definition) is 1. The fourth-order valence-electron chi connectivity index (χ4n) is 3.22. The minimum Gasteiger partial charge on any atom is -0.481 e. The maximum Gasteiger partial charge on any atom is 0.308 e. The first-order chi connectivity index (χ1) is 11.4. The number of aliphatic carboxylic acids is 1. The van der Waals surface area contributed by atoms with E-state index < -0.39 is 17.8 Å². The summed E-state index contributed by atoms with van der Waals surface area (Å²) in [7, 11) is 0. The Morgan fingerprint density at radius 2 is 1.92 bits per heavy atom. The van der Waals surface area contributed by atoms with Gasteiger partial charge in [-0.1, -0.05) is 23.2 Å². The Morgan fingerprint density at radius 3 is 2.58 bits per heavy atom. The van der Waals surface area contributed by atoms with Gasteiger partial charge in [0.1, 0.15) is 5.92 Å². The fraction of sp³-hybridized carbons (Fsp3) is 0.438. The molecule has 0 saturated carbocycles. The molecule has 2 aliphatic heterocycles. The minimum atomic E-state index is -0.907. The number of likely N-dealkylation sites (tertiary alicyclic amines) is 1. The van der Waals surface area contributed by atoms with E-state index in [1.54, 1.807) is 18.2 Å². The molecule has 0 radical (unpaired) electrons. The van der Waals surface area contributed by atoms with Crippen molar-refractivity contribution < 1.29 is 19.5 Å². The molecule has 2 saturated heterocycles. The van der Waals surface area contributed by atoms with Crippen molar-refractivity contribution in [1.29, 1.82) is 0 Å². The third kappa shape index (κ3) is 3.08. The molecule has 0 aliphatic carbocycles. The second kappa shape index (κ2) is 6.61. The largest absolute Gasteiger partial charge is 0.481 e. The van der Waals surface area contributed by atoms with Crippen molar-refractivity contribution >= 4 is 46.7 Å². The molecular weight excluding hydrogens is 355 g/mol. The average Bonchev–Trinajstić information content (AvgIpc) is 3.16. The van der Waals surface area contributed by atoms with Crippen LogP contribution in [0, 0.1) is 11.8 Å². The Labute approximate surface area is 148 Å². The van der Waals surface area contributed by atoms with Gasteiger partial charge in [0, 0.05) is 24.7 Å². The number of rotatable bonds is 3. The first-order valence-corrected chi connectivity index (χ1v) is 8.42. The molecule has 0 unspecified atom stereocenters. The summed E-state index contributed by atoms with van der Waals surface area (Å²) in [6.45, 7) is 0.916. The number of halogens is 2. The second-order valence-electron chi connectivity index (χ2n) is 6.03. The lowest BCUT2D eigenvalue weighted by Crippen LogP contribution is -2.39. The third-order valence-corrected chi connectivity index (χ3v) is 5.11. The predicted molar refractivity (Wildman–Crippen MR) is 89.2 cm³/mol. The standard InChI is InChI=1S/C16H16Cl2N2O4/c17-10-1-2-12(18)13(7-10)20-6-4-11(15(20)22)14(21)19-5-3-9(8-19)16(23)24/h1-2,7,9,11H,3-6,8H2,(H,23,24)/t9-,11+/m0/s1. The van der Waals surface area contributed by atoms with Crippen LogP contribution in [0.25, 0.3) is 0 Å². The third-order valence-electron chi connectivity index (χ3n) is 4.55. The van der Waals surface area contributed by atoms with E-state index in [2.05, 4.69) is 0 Å². The lowest BCUT2D eigenvalue weighted by atomic mass is 10.1. The normalized spacial score (nSPS) is 23.8. The molecule has 2 fully saturated rings. The number of carboxylic acids is 1. The molecule has 1 aromatic rings. The van der Waals surface area contributed by atoms with Crippen LogP contribution in [0.3, 0.4) is 0 Å². The highest BCUT2D eigenvalue weighted by Crippen LogP contribution is 2.34. The first kappa shape index (κ1) is 17.0. The number of amides is 2. The SMILES string of the molecule is O=C(O)[C@H]1CCN(C(=O)[C@H]2CCN(c3cc(Cl)ccc3Cl)C2=O)C1. The number of anilines is 1. The minimum absolute atomic E-state index is 0.163. The summed E-state index contributed by atoms with van der Waals surface area (Å²) >= 11 is 12.1. The van der Waals surface area contributed by atoms with E-state index in [-0.39, 0.29) is 18.4 Å². The molecule has 8 heteroatoms. The maximum absolute atomic E-state index is 12.6.